The molecule has 1 aliphatic rings. The first-order valence-electron chi connectivity index (χ1n) is 11.0. The summed E-state index contributed by atoms with van der Waals surface area (Å²) in [5, 5.41) is 14.5. The van der Waals surface area contributed by atoms with Crippen molar-refractivity contribution >= 4 is 50.8 Å². The van der Waals surface area contributed by atoms with Crippen LogP contribution in [0.25, 0.3) is 0 Å². The van der Waals surface area contributed by atoms with Crippen LogP contribution in [0.4, 0.5) is 11.6 Å². The monoisotopic (exact) mass is 549 g/mol. The second-order valence-electron chi connectivity index (χ2n) is 9.49. The molecule has 0 saturated carbocycles. The molecule has 190 valence electrons. The lowest BCUT2D eigenvalue weighted by Crippen LogP contribution is -2.36. The second kappa shape index (κ2) is 9.16. The van der Waals surface area contributed by atoms with Crippen LogP contribution in [-0.2, 0) is 15.4 Å². The molecular formula is C23H24ClN5O5S2. The lowest BCUT2D eigenvalue weighted by atomic mass is 9.71. The predicted molar refractivity (Wildman–Crippen MR) is 137 cm³/mol. The van der Waals surface area contributed by atoms with E-state index in [1.165, 1.54) is 0 Å². The van der Waals surface area contributed by atoms with Gasteiger partial charge in [-0.2, -0.15) is 13.4 Å². The summed E-state index contributed by atoms with van der Waals surface area (Å²) in [5.41, 5.74) is 7.75. The van der Waals surface area contributed by atoms with Crippen molar-refractivity contribution in [2.24, 2.45) is 0 Å². The molecule has 1 aromatic heterocycles. The molecule has 0 fully saturated rings. The lowest BCUT2D eigenvalue weighted by molar-refractivity contribution is -0.384. The topological polar surface area (TPSA) is 151 Å². The average Bonchev–Trinajstić information content (AvgIpc) is 3.17. The van der Waals surface area contributed by atoms with E-state index in [1.807, 2.05) is 12.1 Å². The molecule has 2 aromatic carbocycles. The van der Waals surface area contributed by atoms with Crippen molar-refractivity contribution in [1.29, 1.82) is 0 Å². The molecule has 1 unspecified atom stereocenters. The number of thioether (sulfide) groups is 1. The number of benzene rings is 2. The molecule has 4 rings (SSSR count). The van der Waals surface area contributed by atoms with Gasteiger partial charge in [-0.25, -0.2) is 0 Å². The van der Waals surface area contributed by atoms with E-state index < -0.39 is 36.7 Å². The van der Waals surface area contributed by atoms with Gasteiger partial charge in [-0.15, -0.1) is 9.19 Å². The van der Waals surface area contributed by atoms with Gasteiger partial charge in [0.2, 0.25) is 11.1 Å². The number of nitro benzene ring substituents is 1. The van der Waals surface area contributed by atoms with Gasteiger partial charge in [0, 0.05) is 11.6 Å². The first-order valence-corrected chi connectivity index (χ1v) is 13.7. The number of nitro groups is 1. The number of fused-ring (bicyclic) bond motifs is 1. The fourth-order valence-electron chi connectivity index (χ4n) is 4.17. The minimum absolute atomic E-state index is 0.0101. The van der Waals surface area contributed by atoms with Crippen molar-refractivity contribution < 1.29 is 18.1 Å². The number of carbonyl (C=O) groups excluding carboxylic acids is 1. The van der Waals surface area contributed by atoms with Gasteiger partial charge in [0.15, 0.2) is 5.78 Å². The van der Waals surface area contributed by atoms with Crippen LogP contribution in [0.15, 0.2) is 46.5 Å². The number of ketones is 1. The Kier molecular flexibility index (Phi) is 6.65. The zero-order valence-corrected chi connectivity index (χ0v) is 22.3. The van der Waals surface area contributed by atoms with Crippen LogP contribution in [0.3, 0.4) is 0 Å². The molecule has 13 heteroatoms. The van der Waals surface area contributed by atoms with Gasteiger partial charge >= 0.3 is 0 Å². The first-order chi connectivity index (χ1) is 16.7. The maximum Gasteiger partial charge on any atom is 0.289 e. The van der Waals surface area contributed by atoms with Crippen LogP contribution in [0.5, 0.6) is 0 Å². The number of nitrogen functional groups attached to an aromatic ring is 1. The van der Waals surface area contributed by atoms with E-state index >= 15 is 0 Å². The van der Waals surface area contributed by atoms with Crippen LogP contribution < -0.4 is 5.73 Å². The summed E-state index contributed by atoms with van der Waals surface area (Å²) in [5.74, 6) is -0.191. The van der Waals surface area contributed by atoms with Crippen LogP contribution >= 0.6 is 23.4 Å². The molecule has 0 amide bonds. The fourth-order valence-corrected chi connectivity index (χ4v) is 6.84. The molecule has 0 aliphatic heterocycles. The van der Waals surface area contributed by atoms with E-state index in [0.29, 0.717) is 22.0 Å². The maximum absolute atomic E-state index is 13.3. The molecular weight excluding hydrogens is 526 g/mol. The van der Waals surface area contributed by atoms with Gasteiger partial charge in [0.1, 0.15) is 5.02 Å². The minimum atomic E-state index is -4.40. The summed E-state index contributed by atoms with van der Waals surface area (Å²) >= 11 is 6.84. The van der Waals surface area contributed by atoms with Crippen molar-refractivity contribution in [3.8, 4) is 0 Å². The lowest BCUT2D eigenvalue weighted by Gasteiger charge is -2.36. The number of hydrogen-bond acceptors (Lipinski definition) is 9. The summed E-state index contributed by atoms with van der Waals surface area (Å²) in [6, 6.07) is 8.95. The first kappa shape index (κ1) is 26.1. The molecule has 0 spiro atoms. The zero-order valence-electron chi connectivity index (χ0n) is 19.9. The Morgan fingerprint density at radius 2 is 1.94 bits per heavy atom. The summed E-state index contributed by atoms with van der Waals surface area (Å²) < 4.78 is 26.7. The SMILES string of the molecule is CC(C)c1ccc2c(c1)C(C)(C)CC(Sc1nc(N)n(S(=O)(=O)c3ccc(Cl)c([N+](=O)[O-])c3)n1)C2=O. The number of nitrogens with two attached hydrogens (primary N) is 1. The number of Topliss-reactive ketones (excluding diaryl/α,β-unsaturated/α-hetero) is 1. The third-order valence-corrected chi connectivity index (χ3v) is 9.11. The summed E-state index contributed by atoms with van der Waals surface area (Å²) in [7, 11) is -4.40. The van der Waals surface area contributed by atoms with Gasteiger partial charge in [-0.3, -0.25) is 14.9 Å². The van der Waals surface area contributed by atoms with Crippen molar-refractivity contribution in [1.82, 2.24) is 14.2 Å². The largest absolute Gasteiger partial charge is 0.367 e. The number of rotatable bonds is 6. The highest BCUT2D eigenvalue weighted by molar-refractivity contribution is 8.00. The van der Waals surface area contributed by atoms with Gasteiger partial charge in [0.05, 0.1) is 15.1 Å². The molecule has 1 heterocycles. The smallest absolute Gasteiger partial charge is 0.289 e. The van der Waals surface area contributed by atoms with E-state index in [1.54, 1.807) is 0 Å². The maximum atomic E-state index is 13.3. The Balaban J connectivity index is 1.66. The number of anilines is 1. The van der Waals surface area contributed by atoms with Gasteiger partial charge < -0.3 is 5.73 Å². The molecule has 2 N–H and O–H groups in total. The summed E-state index contributed by atoms with van der Waals surface area (Å²) in [6.45, 7) is 8.32. The molecule has 0 radical (unpaired) electrons. The van der Waals surface area contributed by atoms with Crippen molar-refractivity contribution in [2.45, 2.75) is 60.8 Å². The Morgan fingerprint density at radius 3 is 2.58 bits per heavy atom. The van der Waals surface area contributed by atoms with Gasteiger partial charge in [0.25, 0.3) is 15.7 Å². The van der Waals surface area contributed by atoms with Crippen molar-refractivity contribution in [3.05, 3.63) is 68.2 Å². The number of carbonyl (C=O) groups is 1. The molecule has 36 heavy (non-hydrogen) atoms. The Hall–Kier alpha value is -2.96. The fraction of sp³-hybridized carbons (Fsp3) is 0.348. The van der Waals surface area contributed by atoms with E-state index in [0.717, 1.165) is 41.1 Å². The highest BCUT2D eigenvalue weighted by atomic mass is 35.5. The second-order valence-corrected chi connectivity index (χ2v) is 12.8. The van der Waals surface area contributed by atoms with Crippen LogP contribution in [0.1, 0.15) is 61.5 Å². The van der Waals surface area contributed by atoms with Crippen LogP contribution in [0, 0.1) is 10.1 Å². The molecule has 1 atom stereocenters. The van der Waals surface area contributed by atoms with E-state index in [9.17, 15) is 23.3 Å². The molecule has 0 saturated heterocycles. The molecule has 10 nitrogen and oxygen atoms in total. The van der Waals surface area contributed by atoms with E-state index in [4.69, 9.17) is 17.3 Å². The third kappa shape index (κ3) is 4.60. The number of aromatic nitrogens is 3. The van der Waals surface area contributed by atoms with E-state index in [-0.39, 0.29) is 21.4 Å². The quantitative estimate of drug-likeness (QED) is 0.337. The molecule has 0 bridgehead atoms. The summed E-state index contributed by atoms with van der Waals surface area (Å²) in [4.78, 5) is 27.4. The van der Waals surface area contributed by atoms with Gasteiger partial charge in [-0.1, -0.05) is 69.3 Å². The standard InChI is InChI=1S/C23H24ClN5O5S2/c1-12(2)13-5-7-15-16(9-13)23(3,4)11-19(20(15)30)35-22-26-21(25)28(27-22)36(33,34)14-6-8-17(24)18(10-14)29(31)32/h5-10,12,19H,11H2,1-4H3,(H2,25,26,27). The Labute approximate surface area is 217 Å². The third-order valence-electron chi connectivity index (χ3n) is 6.16. The predicted octanol–water partition coefficient (Wildman–Crippen LogP) is 4.81. The minimum Gasteiger partial charge on any atom is -0.367 e. The normalized spacial score (nSPS) is 17.3. The molecule has 1 aliphatic carbocycles. The Bertz CT molecular complexity index is 1500. The van der Waals surface area contributed by atoms with Crippen LogP contribution in [0.2, 0.25) is 5.02 Å². The number of halogens is 1. The van der Waals surface area contributed by atoms with E-state index in [2.05, 4.69) is 43.8 Å². The van der Waals surface area contributed by atoms with Crippen molar-refractivity contribution in [2.75, 3.05) is 5.73 Å². The zero-order chi connectivity index (χ0) is 26.6. The Morgan fingerprint density at radius 1 is 1.25 bits per heavy atom. The number of nitrogens with zero attached hydrogens (tertiary/aromatic N) is 4. The molecule has 3 aromatic rings. The van der Waals surface area contributed by atoms with Crippen molar-refractivity contribution in [3.63, 3.8) is 0 Å². The van der Waals surface area contributed by atoms with Gasteiger partial charge in [-0.05, 0) is 41.0 Å². The number of hydrogen-bond donors (Lipinski definition) is 1. The average molecular weight is 550 g/mol. The highest BCUT2D eigenvalue weighted by Crippen LogP contribution is 2.43. The highest BCUT2D eigenvalue weighted by Gasteiger charge is 2.40. The summed E-state index contributed by atoms with van der Waals surface area (Å²) in [6.07, 6.45) is 0.496. The van der Waals surface area contributed by atoms with Crippen LogP contribution in [-0.4, -0.2) is 38.5 Å².